The van der Waals surface area contributed by atoms with Crippen molar-refractivity contribution in [3.8, 4) is 11.5 Å². The summed E-state index contributed by atoms with van der Waals surface area (Å²) in [6.45, 7) is 6.15. The van der Waals surface area contributed by atoms with E-state index in [0.717, 1.165) is 32.5 Å². The van der Waals surface area contributed by atoms with Gasteiger partial charge in [0.15, 0.2) is 16.3 Å². The fourth-order valence-electron chi connectivity index (χ4n) is 3.68. The van der Waals surface area contributed by atoms with Gasteiger partial charge >= 0.3 is 5.97 Å². The molecule has 1 aromatic heterocycles. The zero-order chi connectivity index (χ0) is 21.4. The van der Waals surface area contributed by atoms with Gasteiger partial charge < -0.3 is 18.8 Å². The number of thiazole rings is 1. The summed E-state index contributed by atoms with van der Waals surface area (Å²) in [5, 5.41) is 0. The van der Waals surface area contributed by atoms with Crippen LogP contribution < -0.4 is 14.3 Å². The quantitative estimate of drug-likeness (QED) is 0.599. The van der Waals surface area contributed by atoms with Crippen LogP contribution in [0.4, 0.5) is 0 Å². The van der Waals surface area contributed by atoms with Crippen molar-refractivity contribution in [1.82, 2.24) is 4.57 Å². The summed E-state index contributed by atoms with van der Waals surface area (Å²) in [5.41, 5.74) is 5.02. The zero-order valence-corrected chi connectivity index (χ0v) is 18.1. The molecule has 8 heteroatoms. The maximum Gasteiger partial charge on any atom is 0.325 e. The van der Waals surface area contributed by atoms with Crippen LogP contribution in [-0.4, -0.2) is 30.3 Å². The number of rotatable bonds is 4. The standard InChI is InChI=1S/C22H22N2O5S/c1-12-5-13(2)15(14(3)6-12)7-20(25)23-22-24(10-21(26)27-4)16-8-17-18(29-11-28-17)9-19(16)30-22/h5-6,8-9H,7,10-11H2,1-4H3. The minimum atomic E-state index is -0.425. The molecule has 0 bridgehead atoms. The van der Waals surface area contributed by atoms with Crippen molar-refractivity contribution in [2.75, 3.05) is 13.9 Å². The Morgan fingerprint density at radius 2 is 1.77 bits per heavy atom. The average molecular weight is 426 g/mol. The molecule has 0 radical (unpaired) electrons. The molecule has 156 valence electrons. The molecule has 30 heavy (non-hydrogen) atoms. The number of amides is 1. The highest BCUT2D eigenvalue weighted by Crippen LogP contribution is 2.37. The van der Waals surface area contributed by atoms with Crippen LogP contribution in [0.2, 0.25) is 0 Å². The third kappa shape index (κ3) is 3.82. The highest BCUT2D eigenvalue weighted by atomic mass is 32.1. The van der Waals surface area contributed by atoms with E-state index in [-0.39, 0.29) is 25.7 Å². The van der Waals surface area contributed by atoms with E-state index < -0.39 is 5.97 Å². The first-order valence-electron chi connectivity index (χ1n) is 9.50. The van der Waals surface area contributed by atoms with Crippen LogP contribution in [0, 0.1) is 20.8 Å². The minimum Gasteiger partial charge on any atom is -0.468 e. The molecule has 0 saturated carbocycles. The van der Waals surface area contributed by atoms with Crippen LogP contribution in [0.1, 0.15) is 22.3 Å². The Balaban J connectivity index is 1.77. The lowest BCUT2D eigenvalue weighted by Crippen LogP contribution is -2.22. The van der Waals surface area contributed by atoms with Gasteiger partial charge in [-0.3, -0.25) is 9.59 Å². The van der Waals surface area contributed by atoms with Gasteiger partial charge in [-0.25, -0.2) is 0 Å². The highest BCUT2D eigenvalue weighted by Gasteiger charge is 2.19. The summed E-state index contributed by atoms with van der Waals surface area (Å²) in [4.78, 5) is 29.6. The third-order valence-electron chi connectivity index (χ3n) is 5.08. The van der Waals surface area contributed by atoms with Crippen molar-refractivity contribution in [2.45, 2.75) is 33.7 Å². The number of methoxy groups -OCH3 is 1. The van der Waals surface area contributed by atoms with Crippen molar-refractivity contribution in [1.29, 1.82) is 0 Å². The van der Waals surface area contributed by atoms with Crippen molar-refractivity contribution >= 4 is 33.4 Å². The molecule has 1 amide bonds. The second-order valence-corrected chi connectivity index (χ2v) is 8.29. The smallest absolute Gasteiger partial charge is 0.325 e. The van der Waals surface area contributed by atoms with Gasteiger partial charge in [0, 0.05) is 12.1 Å². The Labute approximate surface area is 177 Å². The summed E-state index contributed by atoms with van der Waals surface area (Å²) in [5.74, 6) is 0.544. The van der Waals surface area contributed by atoms with Gasteiger partial charge in [0.1, 0.15) is 6.54 Å². The summed E-state index contributed by atoms with van der Waals surface area (Å²) >= 11 is 1.32. The number of esters is 1. The SMILES string of the molecule is COC(=O)Cn1c(=NC(=O)Cc2c(C)cc(C)cc2C)sc2cc3c(cc21)OCO3. The molecule has 3 aromatic rings. The van der Waals surface area contributed by atoms with E-state index in [0.29, 0.717) is 16.3 Å². The molecule has 0 spiro atoms. The molecular formula is C22H22N2O5S. The molecule has 0 atom stereocenters. The van der Waals surface area contributed by atoms with Crippen molar-refractivity contribution in [3.05, 3.63) is 51.3 Å². The molecule has 2 heterocycles. The first-order valence-corrected chi connectivity index (χ1v) is 10.3. The average Bonchev–Trinajstić information content (AvgIpc) is 3.27. The number of benzene rings is 2. The van der Waals surface area contributed by atoms with Crippen LogP contribution in [0.15, 0.2) is 29.3 Å². The summed E-state index contributed by atoms with van der Waals surface area (Å²) < 4.78 is 18.2. The Bertz CT molecular complexity index is 1220. The monoisotopic (exact) mass is 426 g/mol. The predicted octanol–water partition coefficient (Wildman–Crippen LogP) is 3.20. The molecule has 2 aromatic carbocycles. The second-order valence-electron chi connectivity index (χ2n) is 7.28. The summed E-state index contributed by atoms with van der Waals surface area (Å²) in [7, 11) is 1.33. The number of carbonyl (C=O) groups excluding carboxylic acids is 2. The Kier molecular flexibility index (Phi) is 5.34. The van der Waals surface area contributed by atoms with Crippen LogP contribution in [0.5, 0.6) is 11.5 Å². The normalized spacial score (nSPS) is 13.1. The number of hydrogen-bond donors (Lipinski definition) is 0. The van der Waals surface area contributed by atoms with Gasteiger partial charge in [0.2, 0.25) is 6.79 Å². The van der Waals surface area contributed by atoms with Crippen molar-refractivity contribution < 1.29 is 23.8 Å². The summed E-state index contributed by atoms with van der Waals surface area (Å²) in [6.07, 6.45) is 0.202. The molecule has 1 aliphatic rings. The number of carbonyl (C=O) groups is 2. The van der Waals surface area contributed by atoms with Crippen LogP contribution in [0.25, 0.3) is 10.2 Å². The molecule has 0 N–H and O–H groups in total. The van der Waals surface area contributed by atoms with Crippen molar-refractivity contribution in [2.24, 2.45) is 4.99 Å². The van der Waals surface area contributed by atoms with Crippen LogP contribution in [-0.2, 0) is 27.3 Å². The number of nitrogens with zero attached hydrogens (tertiary/aromatic N) is 2. The van der Waals surface area contributed by atoms with Gasteiger partial charge in [-0.1, -0.05) is 29.0 Å². The number of hydrogen-bond acceptors (Lipinski definition) is 6. The molecule has 0 saturated heterocycles. The predicted molar refractivity (Wildman–Crippen MR) is 113 cm³/mol. The first kappa shape index (κ1) is 20.2. The van der Waals surface area contributed by atoms with Crippen LogP contribution in [0.3, 0.4) is 0 Å². The molecule has 0 aliphatic carbocycles. The number of aryl methyl sites for hydroxylation is 3. The molecule has 4 rings (SSSR count). The van der Waals surface area contributed by atoms with Crippen molar-refractivity contribution in [3.63, 3.8) is 0 Å². The topological polar surface area (TPSA) is 79.1 Å². The molecular weight excluding hydrogens is 404 g/mol. The zero-order valence-electron chi connectivity index (χ0n) is 17.3. The second kappa shape index (κ2) is 7.95. The molecule has 1 aliphatic heterocycles. The molecule has 0 unspecified atom stereocenters. The van der Waals surface area contributed by atoms with E-state index in [1.807, 2.05) is 26.8 Å². The number of aromatic nitrogens is 1. The van der Waals surface area contributed by atoms with Gasteiger partial charge in [-0.05, 0) is 37.5 Å². The van der Waals surface area contributed by atoms with Gasteiger partial charge in [-0.2, -0.15) is 4.99 Å². The summed E-state index contributed by atoms with van der Waals surface area (Å²) in [6, 6.07) is 7.77. The van der Waals surface area contributed by atoms with E-state index in [2.05, 4.69) is 17.1 Å². The lowest BCUT2D eigenvalue weighted by atomic mass is 9.97. The van der Waals surface area contributed by atoms with E-state index in [9.17, 15) is 9.59 Å². The maximum absolute atomic E-state index is 12.8. The van der Waals surface area contributed by atoms with Gasteiger partial charge in [0.25, 0.3) is 5.91 Å². The lowest BCUT2D eigenvalue weighted by molar-refractivity contribution is -0.141. The van der Waals surface area contributed by atoms with E-state index in [1.54, 1.807) is 10.6 Å². The van der Waals surface area contributed by atoms with E-state index in [4.69, 9.17) is 14.2 Å². The fraction of sp³-hybridized carbons (Fsp3) is 0.318. The Hall–Kier alpha value is -3.13. The lowest BCUT2D eigenvalue weighted by Gasteiger charge is -2.09. The maximum atomic E-state index is 12.8. The number of ether oxygens (including phenoxy) is 3. The molecule has 0 fully saturated rings. The minimum absolute atomic E-state index is 0.0507. The third-order valence-corrected chi connectivity index (χ3v) is 6.12. The fourth-order valence-corrected chi connectivity index (χ4v) is 4.73. The Morgan fingerprint density at radius 3 is 2.43 bits per heavy atom. The van der Waals surface area contributed by atoms with E-state index >= 15 is 0 Å². The largest absolute Gasteiger partial charge is 0.468 e. The van der Waals surface area contributed by atoms with E-state index in [1.165, 1.54) is 18.4 Å². The van der Waals surface area contributed by atoms with Gasteiger partial charge in [-0.15, -0.1) is 0 Å². The molecule has 7 nitrogen and oxygen atoms in total. The first-order chi connectivity index (χ1) is 14.4. The number of fused-ring (bicyclic) bond motifs is 2. The highest BCUT2D eigenvalue weighted by molar-refractivity contribution is 7.16. The van der Waals surface area contributed by atoms with Gasteiger partial charge in [0.05, 0.1) is 23.7 Å². The Morgan fingerprint density at radius 1 is 1.10 bits per heavy atom. The van der Waals surface area contributed by atoms with Crippen LogP contribution >= 0.6 is 11.3 Å².